The van der Waals surface area contributed by atoms with Crippen LogP contribution < -0.4 is 4.74 Å². The number of halogens is 2. The van der Waals surface area contributed by atoms with Crippen LogP contribution in [-0.4, -0.2) is 6.61 Å². The molecule has 2 aromatic rings. The Labute approximate surface area is 192 Å². The Morgan fingerprint density at radius 3 is 1.94 bits per heavy atom. The Morgan fingerprint density at radius 1 is 0.781 bits per heavy atom. The molecule has 32 heavy (non-hydrogen) atoms. The standard InChI is InChI=1S/C29H38F2O/c1-2-3-4-5-6-7-8-23-11-17-26(18-12-23)27-19-13-24(14-20-27)9-10-25-15-21-28(22-16-25)32-29(30)31/h9-10,13-16,19-23,26,29H,2-8,11-12,17-18H2,1H3. The van der Waals surface area contributed by atoms with Crippen molar-refractivity contribution in [3.8, 4) is 5.75 Å². The van der Waals surface area contributed by atoms with Crippen molar-refractivity contribution in [3.63, 3.8) is 0 Å². The summed E-state index contributed by atoms with van der Waals surface area (Å²) in [7, 11) is 0. The van der Waals surface area contributed by atoms with Crippen LogP contribution in [0.2, 0.25) is 0 Å². The first-order valence-electron chi connectivity index (χ1n) is 12.5. The van der Waals surface area contributed by atoms with Gasteiger partial charge < -0.3 is 4.74 Å². The van der Waals surface area contributed by atoms with Gasteiger partial charge in [-0.3, -0.25) is 0 Å². The largest absolute Gasteiger partial charge is 0.435 e. The predicted octanol–water partition coefficient (Wildman–Crippen LogP) is 9.48. The summed E-state index contributed by atoms with van der Waals surface area (Å²) >= 11 is 0. The maximum absolute atomic E-state index is 12.2. The van der Waals surface area contributed by atoms with Gasteiger partial charge >= 0.3 is 6.61 Å². The molecule has 1 saturated carbocycles. The monoisotopic (exact) mass is 440 g/mol. The van der Waals surface area contributed by atoms with E-state index in [0.29, 0.717) is 5.92 Å². The molecule has 0 N–H and O–H groups in total. The number of unbranched alkanes of at least 4 members (excludes halogenated alkanes) is 5. The molecule has 0 amide bonds. The predicted molar refractivity (Wildman–Crippen MR) is 131 cm³/mol. The molecule has 0 atom stereocenters. The maximum atomic E-state index is 12.2. The van der Waals surface area contributed by atoms with Crippen molar-refractivity contribution >= 4 is 12.2 Å². The number of benzene rings is 2. The summed E-state index contributed by atoms with van der Waals surface area (Å²) < 4.78 is 28.9. The van der Waals surface area contributed by atoms with Crippen molar-refractivity contribution in [1.29, 1.82) is 0 Å². The van der Waals surface area contributed by atoms with Crippen molar-refractivity contribution < 1.29 is 13.5 Å². The van der Waals surface area contributed by atoms with E-state index in [-0.39, 0.29) is 5.75 Å². The van der Waals surface area contributed by atoms with Crippen LogP contribution in [0.1, 0.15) is 100 Å². The molecule has 0 unspecified atom stereocenters. The van der Waals surface area contributed by atoms with Crippen LogP contribution in [0.3, 0.4) is 0 Å². The highest BCUT2D eigenvalue weighted by molar-refractivity contribution is 5.69. The van der Waals surface area contributed by atoms with E-state index in [4.69, 9.17) is 0 Å². The lowest BCUT2D eigenvalue weighted by molar-refractivity contribution is -0.0498. The second-order valence-corrected chi connectivity index (χ2v) is 9.22. The molecule has 0 spiro atoms. The smallest absolute Gasteiger partial charge is 0.387 e. The molecule has 0 aromatic heterocycles. The normalized spacial score (nSPS) is 19.0. The molecule has 0 saturated heterocycles. The minimum absolute atomic E-state index is 0.184. The average Bonchev–Trinajstić information content (AvgIpc) is 2.81. The average molecular weight is 441 g/mol. The van der Waals surface area contributed by atoms with E-state index < -0.39 is 6.61 Å². The molecular weight excluding hydrogens is 402 g/mol. The van der Waals surface area contributed by atoms with E-state index in [1.807, 2.05) is 6.08 Å². The van der Waals surface area contributed by atoms with Crippen molar-refractivity contribution in [3.05, 3.63) is 65.2 Å². The molecular formula is C29H38F2O. The summed E-state index contributed by atoms with van der Waals surface area (Å²) in [4.78, 5) is 0. The van der Waals surface area contributed by atoms with Gasteiger partial charge in [-0.2, -0.15) is 8.78 Å². The lowest BCUT2D eigenvalue weighted by Crippen LogP contribution is -2.13. The fourth-order valence-electron chi connectivity index (χ4n) is 4.83. The lowest BCUT2D eigenvalue weighted by Gasteiger charge is -2.29. The Bertz CT molecular complexity index is 787. The van der Waals surface area contributed by atoms with Crippen LogP contribution in [0.15, 0.2) is 48.5 Å². The van der Waals surface area contributed by atoms with Crippen molar-refractivity contribution in [2.75, 3.05) is 0 Å². The Hall–Kier alpha value is -2.16. The van der Waals surface area contributed by atoms with Gasteiger partial charge in [0.2, 0.25) is 0 Å². The van der Waals surface area contributed by atoms with E-state index in [1.54, 1.807) is 24.3 Å². The second kappa shape index (κ2) is 13.4. The molecule has 3 heteroatoms. The molecule has 0 radical (unpaired) electrons. The van der Waals surface area contributed by atoms with Crippen molar-refractivity contribution in [1.82, 2.24) is 0 Å². The van der Waals surface area contributed by atoms with Crippen LogP contribution in [0, 0.1) is 5.92 Å². The molecule has 0 heterocycles. The van der Waals surface area contributed by atoms with Gasteiger partial charge in [-0.05, 0) is 66.3 Å². The SMILES string of the molecule is CCCCCCCCC1CCC(c2ccc(C=Cc3ccc(OC(F)F)cc3)cc2)CC1. The van der Waals surface area contributed by atoms with E-state index >= 15 is 0 Å². The molecule has 3 rings (SSSR count). The highest BCUT2D eigenvalue weighted by Crippen LogP contribution is 2.38. The fourth-order valence-corrected chi connectivity index (χ4v) is 4.83. The zero-order valence-corrected chi connectivity index (χ0v) is 19.4. The second-order valence-electron chi connectivity index (χ2n) is 9.22. The first-order valence-corrected chi connectivity index (χ1v) is 12.5. The topological polar surface area (TPSA) is 9.23 Å². The van der Waals surface area contributed by atoms with E-state index in [9.17, 15) is 8.78 Å². The lowest BCUT2D eigenvalue weighted by atomic mass is 9.77. The van der Waals surface area contributed by atoms with Crippen molar-refractivity contribution in [2.24, 2.45) is 5.92 Å². The van der Waals surface area contributed by atoms with Crippen LogP contribution in [0.4, 0.5) is 8.78 Å². The van der Waals surface area contributed by atoms with E-state index in [0.717, 1.165) is 17.0 Å². The third-order valence-corrected chi connectivity index (χ3v) is 6.79. The first kappa shape index (κ1) is 24.5. The molecule has 2 aromatic carbocycles. The van der Waals surface area contributed by atoms with Crippen molar-refractivity contribution in [2.45, 2.75) is 90.1 Å². The first-order chi connectivity index (χ1) is 15.6. The highest BCUT2D eigenvalue weighted by atomic mass is 19.3. The number of rotatable bonds is 12. The molecule has 0 aliphatic heterocycles. The fraction of sp³-hybridized carbons (Fsp3) is 0.517. The van der Waals surface area contributed by atoms with Gasteiger partial charge in [0.25, 0.3) is 0 Å². The van der Waals surface area contributed by atoms with Gasteiger partial charge in [0.15, 0.2) is 0 Å². The number of ether oxygens (including phenoxy) is 1. The summed E-state index contributed by atoms with van der Waals surface area (Å²) in [6, 6.07) is 15.6. The Morgan fingerprint density at radius 2 is 1.34 bits per heavy atom. The van der Waals surface area contributed by atoms with Crippen LogP contribution in [0.25, 0.3) is 12.2 Å². The third kappa shape index (κ3) is 8.41. The third-order valence-electron chi connectivity index (χ3n) is 6.79. The maximum Gasteiger partial charge on any atom is 0.387 e. The van der Waals surface area contributed by atoms with Gasteiger partial charge in [0.1, 0.15) is 5.75 Å². The zero-order chi connectivity index (χ0) is 22.6. The summed E-state index contributed by atoms with van der Waals surface area (Å²) in [5.41, 5.74) is 3.58. The van der Waals surface area contributed by atoms with Crippen LogP contribution >= 0.6 is 0 Å². The summed E-state index contributed by atoms with van der Waals surface area (Å²) in [6.45, 7) is -0.508. The Balaban J connectivity index is 1.40. The number of hydrogen-bond acceptors (Lipinski definition) is 1. The van der Waals surface area contributed by atoms with Gasteiger partial charge in [-0.15, -0.1) is 0 Å². The van der Waals surface area contributed by atoms with Gasteiger partial charge in [0, 0.05) is 0 Å². The molecule has 1 nitrogen and oxygen atoms in total. The van der Waals surface area contributed by atoms with Gasteiger partial charge in [0.05, 0.1) is 0 Å². The summed E-state index contributed by atoms with van der Waals surface area (Å²) in [5, 5.41) is 0. The summed E-state index contributed by atoms with van der Waals surface area (Å²) in [5.74, 6) is 1.83. The quantitative estimate of drug-likeness (QED) is 0.236. The molecule has 1 aliphatic rings. The Kier molecular flexibility index (Phi) is 10.3. The number of hydrogen-bond donors (Lipinski definition) is 0. The summed E-state index contributed by atoms with van der Waals surface area (Å²) in [6.07, 6.45) is 19.3. The molecule has 1 aliphatic carbocycles. The highest BCUT2D eigenvalue weighted by Gasteiger charge is 2.21. The van der Waals surface area contributed by atoms with Crippen LogP contribution in [0.5, 0.6) is 5.75 Å². The minimum Gasteiger partial charge on any atom is -0.435 e. The van der Waals surface area contributed by atoms with Gasteiger partial charge in [-0.25, -0.2) is 0 Å². The zero-order valence-electron chi connectivity index (χ0n) is 19.4. The van der Waals surface area contributed by atoms with Crippen LogP contribution in [-0.2, 0) is 0 Å². The molecule has 174 valence electrons. The van der Waals surface area contributed by atoms with Gasteiger partial charge in [-0.1, -0.05) is 100 Å². The van der Waals surface area contributed by atoms with E-state index in [1.165, 1.54) is 76.2 Å². The minimum atomic E-state index is -2.79. The van der Waals surface area contributed by atoms with E-state index in [2.05, 4.69) is 42.0 Å². The number of alkyl halides is 2. The molecule has 1 fully saturated rings. The molecule has 0 bridgehead atoms.